The minimum Gasteiger partial charge on any atom is -0.693 e. The molecule has 2 amide bonds. The fraction of sp³-hybridized carbons (Fsp3) is 0.0690. The number of rotatable bonds is 3. The average molecular weight is 905 g/mol. The van der Waals surface area contributed by atoms with Gasteiger partial charge in [0.15, 0.2) is 0 Å². The van der Waals surface area contributed by atoms with E-state index in [1.165, 1.54) is 35.9 Å². The number of hydrogen-bond acceptors (Lipinski definition) is 9. The number of nitrogens with one attached hydrogen (secondary N) is 5. The van der Waals surface area contributed by atoms with Gasteiger partial charge >= 0.3 is 5.97 Å². The number of carbonyl (C=O) groups excluding carboxylic acids is 2. The molecule has 1 unspecified atom stereocenters. The van der Waals surface area contributed by atoms with E-state index in [1.54, 1.807) is 24.4 Å². The standard InChI is InChI=1S/C9H8N2O2S.C9H8N2OS.C9H7NO2S.C2H6.H2N.3Y/c10-9(12)8-5-11-6-3-1-2-4-7(6)14(8)13;10-9(12)8-5-11-6-3-1-2-4-7(6)13-8;11-9(12)8-5-10-6-3-1-2-4-7(6)13-8;1-2;;;;/h1-5H,(H3,10,11,12);1-5H,(H3,10,11,12);1-5,10H,(H,11,12);1-2H3;1H2;;;/q;;;;-1;;;/p-2. The molecule has 3 heterocycles. The zero-order valence-corrected chi connectivity index (χ0v) is 35.7. The number of fused-ring (bicyclic) bond motifs is 3. The van der Waals surface area contributed by atoms with Crippen LogP contribution in [0.25, 0.3) is 17.6 Å². The van der Waals surface area contributed by atoms with Gasteiger partial charge in [0.2, 0.25) is 0 Å². The van der Waals surface area contributed by atoms with Crippen LogP contribution in [0.4, 0.5) is 17.1 Å². The number of carboxylic acid groups (broad SMARTS) is 1. The zero-order valence-electron chi connectivity index (χ0n) is 24.8. The second kappa shape index (κ2) is 24.0. The Bertz CT molecular complexity index is 1550. The van der Waals surface area contributed by atoms with Crippen molar-refractivity contribution in [2.75, 3.05) is 16.0 Å². The van der Waals surface area contributed by atoms with Gasteiger partial charge in [-0.2, -0.15) is 0 Å². The Labute approximate surface area is 354 Å². The fourth-order valence-electron chi connectivity index (χ4n) is 3.36. The molecule has 3 aliphatic heterocycles. The van der Waals surface area contributed by atoms with Crippen LogP contribution in [-0.2, 0) is 123 Å². The molecule has 3 aromatic carbocycles. The molecular weight excluding hydrogens is 875 g/mol. The predicted molar refractivity (Wildman–Crippen MR) is 175 cm³/mol. The molecule has 1 atom stereocenters. The summed E-state index contributed by atoms with van der Waals surface area (Å²) in [5.41, 5.74) is 16.5. The molecule has 6 rings (SSSR count). The molecule has 3 aliphatic rings. The fourth-order valence-corrected chi connectivity index (χ4v) is 6.12. The molecular formula is C29H29N6O5S3Y3-3. The molecule has 46 heavy (non-hydrogen) atoms. The number of aliphatic carboxylic acids is 1. The van der Waals surface area contributed by atoms with Crippen molar-refractivity contribution in [1.29, 1.82) is 0 Å². The molecule has 3 aromatic rings. The number of carboxylic acids is 1. The first-order chi connectivity index (χ1) is 20.2. The van der Waals surface area contributed by atoms with Gasteiger partial charge in [0.1, 0.15) is 4.91 Å². The van der Waals surface area contributed by atoms with E-state index in [9.17, 15) is 18.6 Å². The maximum atomic E-state index is 11.7. The predicted octanol–water partition coefficient (Wildman–Crippen LogP) is 8.13. The van der Waals surface area contributed by atoms with Crippen molar-refractivity contribution in [3.63, 3.8) is 0 Å². The summed E-state index contributed by atoms with van der Waals surface area (Å²) in [6.07, 6.45) is 4.41. The number of thioether (sulfide) groups is 2. The van der Waals surface area contributed by atoms with Gasteiger partial charge in [0.25, 0.3) is 0 Å². The summed E-state index contributed by atoms with van der Waals surface area (Å²) in [4.78, 5) is 35.4. The molecule has 17 heteroatoms. The van der Waals surface area contributed by atoms with E-state index in [-0.39, 0.29) is 109 Å². The molecule has 0 saturated heterocycles. The van der Waals surface area contributed by atoms with Crippen LogP contribution in [0.1, 0.15) is 13.8 Å². The summed E-state index contributed by atoms with van der Waals surface area (Å²) in [6, 6.07) is 22.3. The molecule has 0 aromatic heterocycles. The zero-order chi connectivity index (χ0) is 30.6. The van der Waals surface area contributed by atoms with Gasteiger partial charge in [-0.15, -0.1) is 0 Å². The third kappa shape index (κ3) is 13.4. The summed E-state index contributed by atoms with van der Waals surface area (Å²) in [5, 5.41) is 17.5. The summed E-state index contributed by atoms with van der Waals surface area (Å²) in [7, 11) is -1.52. The molecule has 11 nitrogen and oxygen atoms in total. The Morgan fingerprint density at radius 2 is 1.07 bits per heavy atom. The Kier molecular flexibility index (Phi) is 24.5. The number of carbonyl (C=O) groups is 3. The third-order valence-corrected chi connectivity index (χ3v) is 8.88. The molecule has 0 spiro atoms. The van der Waals surface area contributed by atoms with Crippen molar-refractivity contribution < 1.29 is 122 Å². The minimum absolute atomic E-state index is 0. The number of benzene rings is 3. The van der Waals surface area contributed by atoms with Crippen molar-refractivity contribution in [2.24, 2.45) is 0 Å². The van der Waals surface area contributed by atoms with Crippen LogP contribution in [-0.4, -0.2) is 27.1 Å². The van der Waals surface area contributed by atoms with Crippen molar-refractivity contribution in [1.82, 2.24) is 0 Å². The van der Waals surface area contributed by atoms with E-state index in [1.807, 2.05) is 68.4 Å². The van der Waals surface area contributed by atoms with Gasteiger partial charge in [-0.05, 0) is 36.4 Å². The van der Waals surface area contributed by atoms with Crippen LogP contribution in [0.5, 0.6) is 0 Å². The molecule has 0 bridgehead atoms. The molecule has 8 N–H and O–H groups in total. The largest absolute Gasteiger partial charge is 0.693 e. The van der Waals surface area contributed by atoms with Crippen molar-refractivity contribution in [3.8, 4) is 0 Å². The van der Waals surface area contributed by atoms with E-state index in [2.05, 4.69) is 16.0 Å². The van der Waals surface area contributed by atoms with Gasteiger partial charge in [-0.3, -0.25) is 0 Å². The Balaban J connectivity index is 0. The number of hydrogen-bond donors (Lipinski definition) is 4. The first-order valence-electron chi connectivity index (χ1n) is 12.4. The first-order valence-corrected chi connectivity index (χ1v) is 15.2. The van der Waals surface area contributed by atoms with Gasteiger partial charge in [-0.1, -0.05) is 73.8 Å². The SMILES string of the molecule is CC.O=C(O)C1=CNc2ccccc2S1.[NH-]C(=O)C1=CNc2ccccc2S1.[NH-]C(=O)C1=CNc2ccccc2S1=O.[NH2-].[Y].[Y].[Y]. The van der Waals surface area contributed by atoms with Gasteiger partial charge in [0, 0.05) is 127 Å². The summed E-state index contributed by atoms with van der Waals surface area (Å²) >= 11 is 2.59. The third-order valence-electron chi connectivity index (χ3n) is 5.24. The number of anilines is 3. The van der Waals surface area contributed by atoms with Gasteiger partial charge in [0.05, 0.1) is 54.4 Å². The topological polar surface area (TPSA) is 206 Å². The van der Waals surface area contributed by atoms with Crippen LogP contribution in [0.2, 0.25) is 0 Å². The minimum atomic E-state index is -1.52. The normalized spacial score (nSPS) is 13.9. The van der Waals surface area contributed by atoms with Crippen molar-refractivity contribution in [2.45, 2.75) is 28.5 Å². The van der Waals surface area contributed by atoms with E-state index in [0.29, 0.717) is 14.7 Å². The Hall–Kier alpha value is -1.19. The Morgan fingerprint density at radius 3 is 1.54 bits per heavy atom. The number of nitrogens with two attached hydrogens (primary N) is 1. The molecule has 0 fully saturated rings. The molecule has 235 valence electrons. The molecule has 3 radical (unpaired) electrons. The maximum absolute atomic E-state index is 11.7. The van der Waals surface area contributed by atoms with Crippen LogP contribution in [0.3, 0.4) is 0 Å². The first kappa shape index (κ1) is 46.9. The van der Waals surface area contributed by atoms with Gasteiger partial charge < -0.3 is 48.3 Å². The quantitative estimate of drug-likeness (QED) is 0.199. The van der Waals surface area contributed by atoms with E-state index < -0.39 is 28.6 Å². The number of para-hydroxylation sites is 3. The Morgan fingerprint density at radius 1 is 0.652 bits per heavy atom. The maximum Gasteiger partial charge on any atom is 0.344 e. The van der Waals surface area contributed by atoms with E-state index >= 15 is 0 Å². The smallest absolute Gasteiger partial charge is 0.344 e. The van der Waals surface area contributed by atoms with Crippen LogP contribution < -0.4 is 16.0 Å². The van der Waals surface area contributed by atoms with E-state index in [4.69, 9.17) is 16.6 Å². The van der Waals surface area contributed by atoms with Crippen LogP contribution >= 0.6 is 23.5 Å². The second-order valence-electron chi connectivity index (χ2n) is 7.88. The summed E-state index contributed by atoms with van der Waals surface area (Å²) in [6.45, 7) is 4.00. The van der Waals surface area contributed by atoms with Gasteiger partial charge in [-0.25, -0.2) is 9.00 Å². The monoisotopic (exact) mass is 904 g/mol. The van der Waals surface area contributed by atoms with Crippen molar-refractivity contribution >= 4 is 69.2 Å². The second-order valence-corrected chi connectivity index (χ2v) is 11.5. The van der Waals surface area contributed by atoms with Crippen molar-refractivity contribution in [3.05, 3.63) is 124 Å². The molecule has 0 aliphatic carbocycles. The van der Waals surface area contributed by atoms with Crippen LogP contribution in [0.15, 0.2) is 121 Å². The molecule has 0 saturated carbocycles. The summed E-state index contributed by atoms with van der Waals surface area (Å²) < 4.78 is 11.7. The van der Waals surface area contributed by atoms with E-state index in [0.717, 1.165) is 26.9 Å². The summed E-state index contributed by atoms with van der Waals surface area (Å²) in [5.74, 6) is -2.45. The average Bonchev–Trinajstić information content (AvgIpc) is 3.02. The van der Waals surface area contributed by atoms with Crippen LogP contribution in [0, 0.1) is 0 Å². The number of amides is 2.